The molecule has 6 aromatic heterocycles. The summed E-state index contributed by atoms with van der Waals surface area (Å²) in [5.41, 5.74) is 10.3. The fourth-order valence-corrected chi connectivity index (χ4v) is 7.90. The predicted octanol–water partition coefficient (Wildman–Crippen LogP) is 1.79. The van der Waals surface area contributed by atoms with E-state index in [4.69, 9.17) is 33.8 Å². The van der Waals surface area contributed by atoms with E-state index in [-0.39, 0.29) is 83.8 Å². The molecule has 11 rings (SSSR count). The molecule has 0 unspecified atom stereocenters. The van der Waals surface area contributed by atoms with Gasteiger partial charge < -0.3 is 60.3 Å². The molecule has 0 bridgehead atoms. The van der Waals surface area contributed by atoms with Gasteiger partial charge in [0.05, 0.1) is 22.4 Å². The summed E-state index contributed by atoms with van der Waals surface area (Å²) in [5.74, 6) is 0. The van der Waals surface area contributed by atoms with Crippen molar-refractivity contribution in [1.82, 2.24) is 29.9 Å². The first-order chi connectivity index (χ1) is 30.3. The van der Waals surface area contributed by atoms with Gasteiger partial charge in [-0.3, -0.25) is 29.9 Å². The Balaban J connectivity index is 0.000000288. The monoisotopic (exact) mass is 1100 g/mol. The predicted molar refractivity (Wildman–Crippen MR) is 252 cm³/mol. The molecule has 0 N–H and O–H groups in total. The number of hydrogen-bond acceptors (Lipinski definition) is 6. The van der Waals surface area contributed by atoms with Gasteiger partial charge in [0.2, 0.25) is 0 Å². The Morgan fingerprint density at radius 1 is 0.382 bits per heavy atom. The Labute approximate surface area is 452 Å². The average molecular weight is 1100 g/mol. The van der Waals surface area contributed by atoms with Crippen LogP contribution in [0.1, 0.15) is 47.8 Å². The van der Waals surface area contributed by atoms with E-state index in [1.807, 2.05) is 110 Å². The minimum Gasteiger partial charge on any atom is -1.00 e. The second-order valence-corrected chi connectivity index (χ2v) is 15.9. The van der Waals surface area contributed by atoms with Gasteiger partial charge in [-0.05, 0) is 118 Å². The molecule has 2 atom stereocenters. The van der Waals surface area contributed by atoms with Gasteiger partial charge in [0.1, 0.15) is 0 Å². The molecule has 344 valence electrons. The number of halogens is 6. The van der Waals surface area contributed by atoms with Crippen LogP contribution in [0, 0.1) is 0 Å². The van der Waals surface area contributed by atoms with Gasteiger partial charge in [-0.25, -0.2) is 0 Å². The first-order valence-corrected chi connectivity index (χ1v) is 20.8. The van der Waals surface area contributed by atoms with Crippen LogP contribution in [0.15, 0.2) is 195 Å². The smallest absolute Gasteiger partial charge is 1.00 e. The molecule has 0 aliphatic carbocycles. The maximum absolute atomic E-state index is 5.55. The largest absolute Gasteiger partial charge is 3.00 e. The summed E-state index contributed by atoms with van der Waals surface area (Å²) in [6.45, 7) is 4.17. The molecule has 0 fully saturated rings. The van der Waals surface area contributed by atoms with E-state index >= 15 is 0 Å². The van der Waals surface area contributed by atoms with Crippen molar-refractivity contribution in [2.75, 3.05) is 0 Å². The topological polar surface area (TPSA) is 106 Å². The molecule has 8 nitrogen and oxygen atoms in total. The maximum atomic E-state index is 5.55. The van der Waals surface area contributed by atoms with Gasteiger partial charge in [-0.1, -0.05) is 110 Å². The molecule has 9 aromatic rings. The minimum atomic E-state index is -0.590. The molecule has 16 heteroatoms. The van der Waals surface area contributed by atoms with Crippen LogP contribution < -0.4 is 49.6 Å². The van der Waals surface area contributed by atoms with E-state index in [2.05, 4.69) is 92.3 Å². The Bertz CT molecular complexity index is 2880. The zero-order chi connectivity index (χ0) is 42.5. The summed E-state index contributed by atoms with van der Waals surface area (Å²) in [5, 5.41) is 13.8. The molecule has 0 amide bonds. The van der Waals surface area contributed by atoms with E-state index in [0.717, 1.165) is 88.3 Å². The van der Waals surface area contributed by atoms with E-state index in [1.165, 1.54) is 0 Å². The van der Waals surface area contributed by atoms with E-state index < -0.39 is 11.1 Å². The number of hydrogen-bond donors (Lipinski definition) is 0. The third-order valence-electron chi connectivity index (χ3n) is 10.7. The molecule has 2 aliphatic rings. The molecule has 0 spiro atoms. The van der Waals surface area contributed by atoms with Crippen molar-refractivity contribution in [1.29, 1.82) is 0 Å². The number of fused-ring (bicyclic) bond motifs is 6. The minimum absolute atomic E-state index is 0. The zero-order valence-electron chi connectivity index (χ0n) is 36.0. The third kappa shape index (κ3) is 12.4. The quantitative estimate of drug-likeness (QED) is 0.250. The number of benzene rings is 3. The summed E-state index contributed by atoms with van der Waals surface area (Å²) in [7, 11) is 0. The van der Waals surface area contributed by atoms with Crippen molar-refractivity contribution < 1.29 is 83.8 Å². The van der Waals surface area contributed by atoms with Gasteiger partial charge in [-0.15, -0.1) is 11.4 Å². The van der Waals surface area contributed by atoms with Crippen molar-refractivity contribution in [2.45, 2.75) is 24.9 Å². The van der Waals surface area contributed by atoms with Gasteiger partial charge >= 0.3 is 34.1 Å². The van der Waals surface area contributed by atoms with Crippen molar-refractivity contribution in [3.05, 3.63) is 250 Å². The van der Waals surface area contributed by atoms with Crippen molar-refractivity contribution in [3.63, 3.8) is 0 Å². The van der Waals surface area contributed by atoms with Gasteiger partial charge in [0, 0.05) is 69.8 Å². The van der Waals surface area contributed by atoms with Crippen molar-refractivity contribution in [2.24, 2.45) is 0 Å². The summed E-state index contributed by atoms with van der Waals surface area (Å²) in [4.78, 5) is 27.6. The molecule has 2 radical (unpaired) electrons. The summed E-state index contributed by atoms with van der Waals surface area (Å²) in [6.07, 6.45) is 15.2. The van der Waals surface area contributed by atoms with Crippen molar-refractivity contribution in [3.8, 4) is 0 Å². The molecule has 0 saturated carbocycles. The molecular formula is C52H38Cl6Fe2N8. The number of aromatic nitrogens is 6. The zero-order valence-corrected chi connectivity index (χ0v) is 42.8. The SMILES string of the molecule is C[C@@]1(c2ccccn2)C=C(c2ccccn2)c2ccc3cccnc3c2[N-]1.C[C@]1(c2ccccn2)C=C(c2ccccn2)c2ccc3cccnc3c2[N-]1.Clc1ccc(Cl)cc1.[Cl-].[Cl-].[Cl-].[Cl-].[Fe+3].[Fe+3]. The van der Waals surface area contributed by atoms with Crippen molar-refractivity contribution >= 4 is 67.5 Å². The Morgan fingerprint density at radius 3 is 1.07 bits per heavy atom. The normalized spacial score (nSPS) is 15.8. The second kappa shape index (κ2) is 25.5. The van der Waals surface area contributed by atoms with Gasteiger partial charge in [-0.2, -0.15) is 0 Å². The van der Waals surface area contributed by atoms with Gasteiger partial charge in [0.15, 0.2) is 0 Å². The molecular weight excluding hydrogens is 1060 g/mol. The Hall–Kier alpha value is -5.06. The van der Waals surface area contributed by atoms with Crippen LogP contribution in [-0.4, -0.2) is 29.9 Å². The van der Waals surface area contributed by atoms with E-state index in [0.29, 0.717) is 0 Å². The summed E-state index contributed by atoms with van der Waals surface area (Å²) < 4.78 is 0. The van der Waals surface area contributed by atoms with Crippen LogP contribution in [0.5, 0.6) is 0 Å². The number of rotatable bonds is 4. The maximum Gasteiger partial charge on any atom is 3.00 e. The summed E-state index contributed by atoms with van der Waals surface area (Å²) in [6, 6.07) is 47.2. The Morgan fingerprint density at radius 2 is 0.735 bits per heavy atom. The fourth-order valence-electron chi connectivity index (χ4n) is 7.65. The molecule has 3 aromatic carbocycles. The first kappa shape index (κ1) is 57.3. The van der Waals surface area contributed by atoms with Crippen LogP contribution in [0.25, 0.3) is 43.6 Å². The average Bonchev–Trinajstić information content (AvgIpc) is 3.33. The second-order valence-electron chi connectivity index (χ2n) is 15.0. The van der Waals surface area contributed by atoms with Crippen LogP contribution in [0.4, 0.5) is 11.4 Å². The van der Waals surface area contributed by atoms with E-state index in [1.54, 1.807) is 36.7 Å². The summed E-state index contributed by atoms with van der Waals surface area (Å²) >= 11 is 11.1. The Kier molecular flexibility index (Phi) is 21.5. The third-order valence-corrected chi connectivity index (χ3v) is 11.2. The molecule has 2 aliphatic heterocycles. The van der Waals surface area contributed by atoms with E-state index in [9.17, 15) is 0 Å². The first-order valence-electron chi connectivity index (χ1n) is 20.0. The molecule has 0 saturated heterocycles. The van der Waals surface area contributed by atoms with Crippen LogP contribution in [0.2, 0.25) is 10.0 Å². The molecule has 8 heterocycles. The van der Waals surface area contributed by atoms with Crippen LogP contribution in [-0.2, 0) is 45.2 Å². The van der Waals surface area contributed by atoms with Crippen LogP contribution >= 0.6 is 23.2 Å². The van der Waals surface area contributed by atoms with Crippen LogP contribution in [0.3, 0.4) is 0 Å². The standard InChI is InChI=1S/2C23H17N4.C6H4Cl2.4ClH.2Fe/c2*1-23(20-9-3-5-13-25-20)15-18(19-8-2-4-12-24-19)17-11-10-16-7-6-14-26-21(16)22(17)27-23;7-5-1-2-6(8)4-3-5;;;;;;/h2*2-15H,1H3;1-4H;4*1H;;/q2*-1;;;;;;2*+3/p-4/t2*23-;;;;;;;/m10......./s1. The number of nitrogens with zero attached hydrogens (tertiary/aromatic N) is 8. The molecule has 68 heavy (non-hydrogen) atoms. The van der Waals surface area contributed by atoms with Gasteiger partial charge in [0.25, 0.3) is 0 Å². The fraction of sp³-hybridized carbons (Fsp3) is 0.0769. The number of pyridine rings is 6.